The van der Waals surface area contributed by atoms with Crippen LogP contribution < -0.4 is 10.6 Å². The van der Waals surface area contributed by atoms with Crippen molar-refractivity contribution in [2.75, 3.05) is 18.4 Å². The van der Waals surface area contributed by atoms with Gasteiger partial charge in [-0.25, -0.2) is 0 Å². The molecule has 0 saturated heterocycles. The standard InChI is InChI=1S/C13H19N3O3/c1-10(2)6-7-14-13(17)9-15-11-4-3-5-12(8-11)16(18)19/h3-5,8,10,15H,6-7,9H2,1-2H3,(H,14,17). The maximum atomic E-state index is 11.5. The first-order valence-corrected chi connectivity index (χ1v) is 6.24. The Balaban J connectivity index is 2.37. The fourth-order valence-corrected chi connectivity index (χ4v) is 1.47. The van der Waals surface area contributed by atoms with Crippen LogP contribution in [0, 0.1) is 16.0 Å². The zero-order valence-electron chi connectivity index (χ0n) is 11.2. The van der Waals surface area contributed by atoms with E-state index in [1.807, 2.05) is 0 Å². The third-order valence-corrected chi connectivity index (χ3v) is 2.55. The van der Waals surface area contributed by atoms with Gasteiger partial charge in [-0.3, -0.25) is 14.9 Å². The van der Waals surface area contributed by atoms with Gasteiger partial charge < -0.3 is 10.6 Å². The highest BCUT2D eigenvalue weighted by Gasteiger charge is 2.06. The first-order chi connectivity index (χ1) is 8.99. The van der Waals surface area contributed by atoms with Crippen LogP contribution in [-0.2, 0) is 4.79 Å². The van der Waals surface area contributed by atoms with Crippen LogP contribution in [0.15, 0.2) is 24.3 Å². The summed E-state index contributed by atoms with van der Waals surface area (Å²) in [6, 6.07) is 6.08. The number of carbonyl (C=O) groups is 1. The molecule has 0 saturated carbocycles. The second-order valence-electron chi connectivity index (χ2n) is 4.69. The molecule has 1 aromatic carbocycles. The Labute approximate surface area is 112 Å². The summed E-state index contributed by atoms with van der Waals surface area (Å²) in [5.74, 6) is 0.428. The number of nitro groups is 1. The summed E-state index contributed by atoms with van der Waals surface area (Å²) in [4.78, 5) is 21.6. The maximum absolute atomic E-state index is 11.5. The molecule has 0 unspecified atom stereocenters. The lowest BCUT2D eigenvalue weighted by atomic mass is 10.1. The van der Waals surface area contributed by atoms with Crippen LogP contribution in [0.1, 0.15) is 20.3 Å². The van der Waals surface area contributed by atoms with Crippen molar-refractivity contribution in [3.63, 3.8) is 0 Å². The van der Waals surface area contributed by atoms with E-state index in [2.05, 4.69) is 24.5 Å². The van der Waals surface area contributed by atoms with Gasteiger partial charge in [0, 0.05) is 24.4 Å². The lowest BCUT2D eigenvalue weighted by Crippen LogP contribution is -2.31. The lowest BCUT2D eigenvalue weighted by Gasteiger charge is -2.08. The Morgan fingerprint density at radius 2 is 2.16 bits per heavy atom. The summed E-state index contributed by atoms with van der Waals surface area (Å²) in [6.45, 7) is 4.94. The number of rotatable bonds is 7. The number of nitrogens with one attached hydrogen (secondary N) is 2. The molecule has 104 valence electrons. The molecule has 0 atom stereocenters. The van der Waals surface area contributed by atoms with E-state index in [1.54, 1.807) is 12.1 Å². The molecule has 0 aromatic heterocycles. The molecule has 6 nitrogen and oxygen atoms in total. The van der Waals surface area contributed by atoms with E-state index >= 15 is 0 Å². The van der Waals surface area contributed by atoms with E-state index in [0.29, 0.717) is 18.2 Å². The van der Waals surface area contributed by atoms with Crippen molar-refractivity contribution in [2.24, 2.45) is 5.92 Å². The van der Waals surface area contributed by atoms with Gasteiger partial charge >= 0.3 is 0 Å². The van der Waals surface area contributed by atoms with Gasteiger partial charge in [-0.1, -0.05) is 19.9 Å². The average molecular weight is 265 g/mol. The van der Waals surface area contributed by atoms with Crippen LogP contribution in [0.5, 0.6) is 0 Å². The first-order valence-electron chi connectivity index (χ1n) is 6.24. The van der Waals surface area contributed by atoms with Gasteiger partial charge in [0.2, 0.25) is 5.91 Å². The molecule has 0 spiro atoms. The largest absolute Gasteiger partial charge is 0.376 e. The van der Waals surface area contributed by atoms with Crippen molar-refractivity contribution >= 4 is 17.3 Å². The van der Waals surface area contributed by atoms with E-state index < -0.39 is 4.92 Å². The minimum absolute atomic E-state index is 0.00483. The second-order valence-corrected chi connectivity index (χ2v) is 4.69. The summed E-state index contributed by atoms with van der Waals surface area (Å²) in [6.07, 6.45) is 0.933. The minimum Gasteiger partial charge on any atom is -0.376 e. The van der Waals surface area contributed by atoms with Crippen molar-refractivity contribution in [2.45, 2.75) is 20.3 Å². The molecule has 0 heterocycles. The third kappa shape index (κ3) is 5.85. The zero-order chi connectivity index (χ0) is 14.3. The first kappa shape index (κ1) is 14.9. The molecule has 1 rings (SSSR count). The smallest absolute Gasteiger partial charge is 0.271 e. The van der Waals surface area contributed by atoms with E-state index in [9.17, 15) is 14.9 Å². The van der Waals surface area contributed by atoms with Gasteiger partial charge in [-0.15, -0.1) is 0 Å². The Kier molecular flexibility index (Phi) is 5.78. The number of carbonyl (C=O) groups excluding carboxylic acids is 1. The Morgan fingerprint density at radius 1 is 1.42 bits per heavy atom. The van der Waals surface area contributed by atoms with Crippen molar-refractivity contribution in [1.82, 2.24) is 5.32 Å². The molecule has 0 fully saturated rings. The van der Waals surface area contributed by atoms with E-state index in [4.69, 9.17) is 0 Å². The SMILES string of the molecule is CC(C)CCNC(=O)CNc1cccc([N+](=O)[O-])c1. The number of nitro benzene ring substituents is 1. The highest BCUT2D eigenvalue weighted by molar-refractivity contribution is 5.80. The number of anilines is 1. The molecule has 0 aliphatic heterocycles. The molecule has 0 radical (unpaired) electrons. The van der Waals surface area contributed by atoms with E-state index in [-0.39, 0.29) is 18.1 Å². The fraction of sp³-hybridized carbons (Fsp3) is 0.462. The monoisotopic (exact) mass is 265 g/mol. The molecule has 0 aliphatic carbocycles. The van der Waals surface area contributed by atoms with E-state index in [0.717, 1.165) is 6.42 Å². The topological polar surface area (TPSA) is 84.3 Å². The number of benzene rings is 1. The maximum Gasteiger partial charge on any atom is 0.271 e. The normalized spacial score (nSPS) is 10.3. The van der Waals surface area contributed by atoms with Crippen LogP contribution in [0.4, 0.5) is 11.4 Å². The molecule has 1 aromatic rings. The van der Waals surface area contributed by atoms with Crippen molar-refractivity contribution in [3.05, 3.63) is 34.4 Å². The molecule has 6 heteroatoms. The van der Waals surface area contributed by atoms with Crippen LogP contribution in [0.25, 0.3) is 0 Å². The highest BCUT2D eigenvalue weighted by Crippen LogP contribution is 2.16. The van der Waals surface area contributed by atoms with Crippen molar-refractivity contribution in [3.8, 4) is 0 Å². The van der Waals surface area contributed by atoms with Gasteiger partial charge in [-0.05, 0) is 18.4 Å². The number of amides is 1. The van der Waals surface area contributed by atoms with Crippen LogP contribution in [-0.4, -0.2) is 23.9 Å². The van der Waals surface area contributed by atoms with Crippen molar-refractivity contribution in [1.29, 1.82) is 0 Å². The van der Waals surface area contributed by atoms with Gasteiger partial charge in [0.05, 0.1) is 11.5 Å². The lowest BCUT2D eigenvalue weighted by molar-refractivity contribution is -0.384. The summed E-state index contributed by atoms with van der Waals surface area (Å²) < 4.78 is 0. The van der Waals surface area contributed by atoms with Crippen molar-refractivity contribution < 1.29 is 9.72 Å². The Bertz CT molecular complexity index is 447. The summed E-state index contributed by atoms with van der Waals surface area (Å²) >= 11 is 0. The predicted octanol–water partition coefficient (Wildman–Crippen LogP) is 2.17. The molecule has 1 amide bonds. The summed E-state index contributed by atoms with van der Waals surface area (Å²) in [5, 5.41) is 16.2. The molecule has 0 bridgehead atoms. The number of hydrogen-bond donors (Lipinski definition) is 2. The second kappa shape index (κ2) is 7.35. The van der Waals surface area contributed by atoms with Gasteiger partial charge in [0.15, 0.2) is 0 Å². The highest BCUT2D eigenvalue weighted by atomic mass is 16.6. The van der Waals surface area contributed by atoms with Crippen LogP contribution >= 0.6 is 0 Å². The molecule has 0 aliphatic rings. The summed E-state index contributed by atoms with van der Waals surface area (Å²) in [5.41, 5.74) is 0.568. The minimum atomic E-state index is -0.464. The Morgan fingerprint density at radius 3 is 2.79 bits per heavy atom. The predicted molar refractivity (Wildman–Crippen MR) is 74.1 cm³/mol. The van der Waals surface area contributed by atoms with Gasteiger partial charge in [0.25, 0.3) is 5.69 Å². The van der Waals surface area contributed by atoms with E-state index in [1.165, 1.54) is 12.1 Å². The number of non-ortho nitro benzene ring substituents is 1. The zero-order valence-corrected chi connectivity index (χ0v) is 11.2. The van der Waals surface area contributed by atoms with Crippen LogP contribution in [0.3, 0.4) is 0 Å². The molecular weight excluding hydrogens is 246 g/mol. The molecule has 2 N–H and O–H groups in total. The fourth-order valence-electron chi connectivity index (χ4n) is 1.47. The summed E-state index contributed by atoms with van der Waals surface area (Å²) in [7, 11) is 0. The number of hydrogen-bond acceptors (Lipinski definition) is 4. The average Bonchev–Trinajstić information content (AvgIpc) is 2.36. The van der Waals surface area contributed by atoms with Gasteiger partial charge in [0.1, 0.15) is 0 Å². The third-order valence-electron chi connectivity index (χ3n) is 2.55. The van der Waals surface area contributed by atoms with Crippen LogP contribution in [0.2, 0.25) is 0 Å². The Hall–Kier alpha value is -2.11. The number of nitrogens with zero attached hydrogens (tertiary/aromatic N) is 1. The molecule has 19 heavy (non-hydrogen) atoms. The quantitative estimate of drug-likeness (QED) is 0.584. The van der Waals surface area contributed by atoms with Gasteiger partial charge in [-0.2, -0.15) is 0 Å². The molecular formula is C13H19N3O3.